The van der Waals surface area contributed by atoms with Crippen LogP contribution in [0.3, 0.4) is 0 Å². The first-order valence-electron chi connectivity index (χ1n) is 4.09. The topological polar surface area (TPSA) is 69.6 Å². The monoisotopic (exact) mass is 285 g/mol. The van der Waals surface area contributed by atoms with Gasteiger partial charge in [0.1, 0.15) is 11.4 Å². The molecule has 0 spiro atoms. The third-order valence-corrected chi connectivity index (χ3v) is 3.22. The molecule has 0 fully saturated rings. The Morgan fingerprint density at radius 1 is 1.53 bits per heavy atom. The molecular formula is C8H8BrN5S. The van der Waals surface area contributed by atoms with Crippen molar-refractivity contribution in [2.45, 2.75) is 10.2 Å². The van der Waals surface area contributed by atoms with Crippen LogP contribution in [0.1, 0.15) is 0 Å². The molecule has 0 radical (unpaired) electrons. The average Bonchev–Trinajstić information content (AvgIpc) is 2.57. The van der Waals surface area contributed by atoms with Gasteiger partial charge in [0.05, 0.1) is 5.69 Å². The normalized spacial score (nSPS) is 10.5. The van der Waals surface area contributed by atoms with Gasteiger partial charge in [0.25, 0.3) is 0 Å². The first-order valence-corrected chi connectivity index (χ1v) is 5.70. The Labute approximate surface area is 99.2 Å². The van der Waals surface area contributed by atoms with E-state index < -0.39 is 0 Å². The Hall–Kier alpha value is -1.08. The van der Waals surface area contributed by atoms with E-state index in [9.17, 15) is 0 Å². The summed E-state index contributed by atoms with van der Waals surface area (Å²) >= 11 is 4.69. The number of pyridine rings is 1. The molecule has 7 heteroatoms. The van der Waals surface area contributed by atoms with Crippen LogP contribution in [0, 0.1) is 0 Å². The lowest BCUT2D eigenvalue weighted by Gasteiger charge is -2.03. The summed E-state index contributed by atoms with van der Waals surface area (Å²) in [5, 5.41) is 9.21. The molecule has 78 valence electrons. The zero-order valence-corrected chi connectivity index (χ0v) is 10.3. The summed E-state index contributed by atoms with van der Waals surface area (Å²) in [7, 11) is 1.87. The van der Waals surface area contributed by atoms with Gasteiger partial charge in [-0.15, -0.1) is 10.2 Å². The number of nitrogens with two attached hydrogens (primary N) is 1. The van der Waals surface area contributed by atoms with E-state index in [1.807, 2.05) is 17.7 Å². The molecule has 2 aromatic rings. The van der Waals surface area contributed by atoms with E-state index in [1.165, 1.54) is 11.8 Å². The van der Waals surface area contributed by atoms with Crippen LogP contribution < -0.4 is 5.73 Å². The van der Waals surface area contributed by atoms with Crippen LogP contribution in [0.25, 0.3) is 0 Å². The van der Waals surface area contributed by atoms with Crippen molar-refractivity contribution in [2.75, 3.05) is 5.73 Å². The van der Waals surface area contributed by atoms with Gasteiger partial charge in [-0.3, -0.25) is 0 Å². The minimum Gasteiger partial charge on any atom is -0.396 e. The van der Waals surface area contributed by atoms with Crippen molar-refractivity contribution in [3.8, 4) is 0 Å². The van der Waals surface area contributed by atoms with Gasteiger partial charge >= 0.3 is 0 Å². The fraction of sp³-hybridized carbons (Fsp3) is 0.125. The second-order valence-electron chi connectivity index (χ2n) is 2.87. The minimum absolute atomic E-state index is 0.623. The van der Waals surface area contributed by atoms with E-state index in [0.29, 0.717) is 5.69 Å². The third-order valence-electron chi connectivity index (χ3n) is 1.70. The second kappa shape index (κ2) is 4.19. The summed E-state index contributed by atoms with van der Waals surface area (Å²) in [6.07, 6.45) is 3.34. The van der Waals surface area contributed by atoms with Crippen LogP contribution >= 0.6 is 27.7 Å². The standard InChI is InChI=1S/C8H8BrN5S/c1-14-4-12-13-8(14)15-7-6(10)2-5(9)3-11-7/h2-4H,10H2,1H3. The molecular weight excluding hydrogens is 278 g/mol. The maximum atomic E-state index is 5.82. The number of hydrogen-bond donors (Lipinski definition) is 1. The number of hydrogen-bond acceptors (Lipinski definition) is 5. The summed E-state index contributed by atoms with van der Waals surface area (Å²) in [4.78, 5) is 4.20. The van der Waals surface area contributed by atoms with Crippen LogP contribution in [-0.4, -0.2) is 19.7 Å². The number of aryl methyl sites for hydroxylation is 1. The molecule has 0 aliphatic carbocycles. The average molecular weight is 286 g/mol. The number of rotatable bonds is 2. The van der Waals surface area contributed by atoms with Crippen LogP contribution in [0.5, 0.6) is 0 Å². The molecule has 15 heavy (non-hydrogen) atoms. The molecule has 2 rings (SSSR count). The van der Waals surface area contributed by atoms with Crippen molar-refractivity contribution in [1.29, 1.82) is 0 Å². The molecule has 0 bridgehead atoms. The minimum atomic E-state index is 0.623. The van der Waals surface area contributed by atoms with Crippen molar-refractivity contribution in [1.82, 2.24) is 19.7 Å². The lowest BCUT2D eigenvalue weighted by molar-refractivity contribution is 0.787. The molecule has 0 aliphatic heterocycles. The van der Waals surface area contributed by atoms with E-state index in [-0.39, 0.29) is 0 Å². The quantitative estimate of drug-likeness (QED) is 0.910. The number of nitrogen functional groups attached to an aromatic ring is 1. The van der Waals surface area contributed by atoms with E-state index in [2.05, 4.69) is 31.1 Å². The van der Waals surface area contributed by atoms with Gasteiger partial charge in [0.2, 0.25) is 0 Å². The molecule has 0 atom stereocenters. The molecule has 0 saturated heterocycles. The highest BCUT2D eigenvalue weighted by molar-refractivity contribution is 9.10. The van der Waals surface area contributed by atoms with Crippen molar-refractivity contribution in [3.05, 3.63) is 23.1 Å². The highest BCUT2D eigenvalue weighted by Crippen LogP contribution is 2.29. The number of aromatic nitrogens is 4. The predicted molar refractivity (Wildman–Crippen MR) is 61.5 cm³/mol. The first-order chi connectivity index (χ1) is 7.16. The SMILES string of the molecule is Cn1cnnc1Sc1ncc(Br)cc1N. The van der Waals surface area contributed by atoms with Gasteiger partial charge in [0, 0.05) is 17.7 Å². The van der Waals surface area contributed by atoms with Crippen molar-refractivity contribution < 1.29 is 0 Å². The largest absolute Gasteiger partial charge is 0.396 e. The number of halogens is 1. The summed E-state index contributed by atoms with van der Waals surface area (Å²) in [5.74, 6) is 0. The van der Waals surface area contributed by atoms with Gasteiger partial charge in [0.15, 0.2) is 5.16 Å². The Morgan fingerprint density at radius 2 is 2.33 bits per heavy atom. The fourth-order valence-corrected chi connectivity index (χ4v) is 2.06. The Kier molecular flexibility index (Phi) is 2.92. The molecule has 2 heterocycles. The van der Waals surface area contributed by atoms with Crippen LogP contribution in [0.15, 0.2) is 33.2 Å². The molecule has 5 nitrogen and oxygen atoms in total. The third kappa shape index (κ3) is 2.29. The van der Waals surface area contributed by atoms with Crippen LogP contribution in [0.4, 0.5) is 5.69 Å². The molecule has 0 aromatic carbocycles. The van der Waals surface area contributed by atoms with E-state index in [1.54, 1.807) is 12.5 Å². The second-order valence-corrected chi connectivity index (χ2v) is 4.75. The molecule has 2 N–H and O–H groups in total. The summed E-state index contributed by atoms with van der Waals surface area (Å²) in [6, 6.07) is 1.81. The highest BCUT2D eigenvalue weighted by atomic mass is 79.9. The van der Waals surface area contributed by atoms with Gasteiger partial charge < -0.3 is 10.3 Å². The molecule has 0 aliphatic rings. The van der Waals surface area contributed by atoms with E-state index in [0.717, 1.165) is 14.7 Å². The summed E-state index contributed by atoms with van der Waals surface area (Å²) < 4.78 is 2.68. The molecule has 2 aromatic heterocycles. The Morgan fingerprint density at radius 3 is 2.93 bits per heavy atom. The summed E-state index contributed by atoms with van der Waals surface area (Å²) in [6.45, 7) is 0. The fourth-order valence-electron chi connectivity index (χ4n) is 0.979. The van der Waals surface area contributed by atoms with E-state index >= 15 is 0 Å². The zero-order valence-electron chi connectivity index (χ0n) is 7.88. The van der Waals surface area contributed by atoms with Gasteiger partial charge in [-0.25, -0.2) is 4.98 Å². The lowest BCUT2D eigenvalue weighted by Crippen LogP contribution is -1.94. The van der Waals surface area contributed by atoms with Crippen LogP contribution in [-0.2, 0) is 7.05 Å². The Balaban J connectivity index is 2.29. The van der Waals surface area contributed by atoms with Gasteiger partial charge in [-0.1, -0.05) is 0 Å². The summed E-state index contributed by atoms with van der Waals surface area (Å²) in [5.41, 5.74) is 6.44. The molecule has 0 amide bonds. The number of anilines is 1. The lowest BCUT2D eigenvalue weighted by atomic mass is 10.4. The van der Waals surface area contributed by atoms with E-state index in [4.69, 9.17) is 5.73 Å². The zero-order chi connectivity index (χ0) is 10.8. The van der Waals surface area contributed by atoms with Crippen molar-refractivity contribution in [3.63, 3.8) is 0 Å². The van der Waals surface area contributed by atoms with Crippen molar-refractivity contribution >= 4 is 33.4 Å². The van der Waals surface area contributed by atoms with Gasteiger partial charge in [-0.05, 0) is 33.8 Å². The van der Waals surface area contributed by atoms with Crippen LogP contribution in [0.2, 0.25) is 0 Å². The number of nitrogens with zero attached hydrogens (tertiary/aromatic N) is 4. The smallest absolute Gasteiger partial charge is 0.197 e. The molecule has 0 saturated carbocycles. The van der Waals surface area contributed by atoms with Gasteiger partial charge in [-0.2, -0.15) is 0 Å². The van der Waals surface area contributed by atoms with Crippen molar-refractivity contribution in [2.24, 2.45) is 7.05 Å². The Bertz CT molecular complexity index is 484. The first kappa shape index (κ1) is 10.4. The predicted octanol–water partition coefficient (Wildman–Crippen LogP) is 1.71. The maximum absolute atomic E-state index is 5.82. The maximum Gasteiger partial charge on any atom is 0.197 e. The molecule has 0 unspecified atom stereocenters. The highest BCUT2D eigenvalue weighted by Gasteiger charge is 2.08.